The average molecular weight is 255 g/mol. The molecule has 0 unspecified atom stereocenters. The van der Waals surface area contributed by atoms with Crippen LogP contribution in [-0.4, -0.2) is 35.5 Å². The number of nitrogens with zero attached hydrogens (tertiary/aromatic N) is 1. The first-order valence-electron chi connectivity index (χ1n) is 7.01. The van der Waals surface area contributed by atoms with Crippen molar-refractivity contribution in [1.82, 2.24) is 4.90 Å². The minimum absolute atomic E-state index is 0.122. The van der Waals surface area contributed by atoms with Crippen LogP contribution in [0, 0.1) is 11.8 Å². The second-order valence-electron chi connectivity index (χ2n) is 5.43. The van der Waals surface area contributed by atoms with Gasteiger partial charge in [-0.1, -0.05) is 13.3 Å². The molecule has 0 radical (unpaired) electrons. The molecule has 1 amide bonds. The van der Waals surface area contributed by atoms with Gasteiger partial charge < -0.3 is 10.0 Å². The highest BCUT2D eigenvalue weighted by molar-refractivity contribution is 5.78. The molecule has 0 aromatic carbocycles. The Kier molecular flexibility index (Phi) is 6.16. The van der Waals surface area contributed by atoms with Gasteiger partial charge in [-0.3, -0.25) is 9.59 Å². The molecular weight excluding hydrogens is 230 g/mol. The number of carbonyl (C=O) groups excluding carboxylic acids is 1. The lowest BCUT2D eigenvalue weighted by Gasteiger charge is -2.30. The van der Waals surface area contributed by atoms with Crippen molar-refractivity contribution in [3.05, 3.63) is 0 Å². The van der Waals surface area contributed by atoms with Crippen LogP contribution in [0.3, 0.4) is 0 Å². The van der Waals surface area contributed by atoms with Crippen LogP contribution in [0.1, 0.15) is 51.9 Å². The maximum Gasteiger partial charge on any atom is 0.303 e. The Morgan fingerprint density at radius 3 is 2.33 bits per heavy atom. The Labute approximate surface area is 109 Å². The summed E-state index contributed by atoms with van der Waals surface area (Å²) in [5.41, 5.74) is 0. The third-order valence-electron chi connectivity index (χ3n) is 3.88. The SMILES string of the molecule is CCCCN(C)C(=O)C1CCC(CC(=O)O)CC1. The van der Waals surface area contributed by atoms with E-state index in [1.165, 1.54) is 0 Å². The quantitative estimate of drug-likeness (QED) is 0.793. The maximum atomic E-state index is 12.1. The van der Waals surface area contributed by atoms with Crippen molar-refractivity contribution in [2.75, 3.05) is 13.6 Å². The molecule has 0 saturated heterocycles. The lowest BCUT2D eigenvalue weighted by Crippen LogP contribution is -2.35. The van der Waals surface area contributed by atoms with Gasteiger partial charge in [-0.05, 0) is 38.0 Å². The van der Waals surface area contributed by atoms with Gasteiger partial charge in [0.25, 0.3) is 0 Å². The minimum Gasteiger partial charge on any atom is -0.481 e. The number of aliphatic carboxylic acids is 1. The molecular formula is C14H25NO3. The van der Waals surface area contributed by atoms with E-state index in [4.69, 9.17) is 5.11 Å². The van der Waals surface area contributed by atoms with E-state index in [2.05, 4.69) is 6.92 Å². The van der Waals surface area contributed by atoms with Crippen LogP contribution >= 0.6 is 0 Å². The Morgan fingerprint density at radius 2 is 1.83 bits per heavy atom. The van der Waals surface area contributed by atoms with Gasteiger partial charge in [0.05, 0.1) is 0 Å². The van der Waals surface area contributed by atoms with E-state index in [0.717, 1.165) is 45.1 Å². The maximum absolute atomic E-state index is 12.1. The normalized spacial score (nSPS) is 23.7. The molecule has 0 spiro atoms. The van der Waals surface area contributed by atoms with Gasteiger partial charge in [-0.25, -0.2) is 0 Å². The monoisotopic (exact) mass is 255 g/mol. The van der Waals surface area contributed by atoms with E-state index in [9.17, 15) is 9.59 Å². The van der Waals surface area contributed by atoms with Gasteiger partial charge in [0.2, 0.25) is 5.91 Å². The van der Waals surface area contributed by atoms with Crippen molar-refractivity contribution < 1.29 is 14.7 Å². The summed E-state index contributed by atoms with van der Waals surface area (Å²) in [5.74, 6) is -0.0773. The first-order valence-corrected chi connectivity index (χ1v) is 7.01. The zero-order valence-corrected chi connectivity index (χ0v) is 11.5. The molecule has 1 fully saturated rings. The first-order chi connectivity index (χ1) is 8.54. The fourth-order valence-electron chi connectivity index (χ4n) is 2.68. The molecule has 1 aliphatic carbocycles. The molecule has 1 rings (SSSR count). The number of carbonyl (C=O) groups is 2. The summed E-state index contributed by atoms with van der Waals surface area (Å²) in [5, 5.41) is 8.75. The highest BCUT2D eigenvalue weighted by Gasteiger charge is 2.28. The van der Waals surface area contributed by atoms with Crippen LogP contribution < -0.4 is 0 Å². The fraction of sp³-hybridized carbons (Fsp3) is 0.857. The van der Waals surface area contributed by atoms with Crippen LogP contribution in [0.2, 0.25) is 0 Å². The van der Waals surface area contributed by atoms with E-state index in [1.54, 1.807) is 0 Å². The summed E-state index contributed by atoms with van der Waals surface area (Å²) >= 11 is 0. The zero-order chi connectivity index (χ0) is 13.5. The van der Waals surface area contributed by atoms with Crippen molar-refractivity contribution in [2.24, 2.45) is 11.8 Å². The number of unbranched alkanes of at least 4 members (excludes halogenated alkanes) is 1. The number of rotatable bonds is 6. The van der Waals surface area contributed by atoms with Gasteiger partial charge in [0, 0.05) is 25.9 Å². The van der Waals surface area contributed by atoms with E-state index in [0.29, 0.717) is 0 Å². The highest BCUT2D eigenvalue weighted by Crippen LogP contribution is 2.31. The van der Waals surface area contributed by atoms with E-state index >= 15 is 0 Å². The van der Waals surface area contributed by atoms with E-state index < -0.39 is 5.97 Å². The molecule has 0 bridgehead atoms. The van der Waals surface area contributed by atoms with Gasteiger partial charge in [-0.2, -0.15) is 0 Å². The Bertz CT molecular complexity index is 283. The lowest BCUT2D eigenvalue weighted by molar-refractivity contribution is -0.138. The summed E-state index contributed by atoms with van der Waals surface area (Å²) in [6.45, 7) is 2.96. The second-order valence-corrected chi connectivity index (χ2v) is 5.43. The molecule has 18 heavy (non-hydrogen) atoms. The molecule has 0 aromatic heterocycles. The second kappa shape index (κ2) is 7.39. The summed E-state index contributed by atoms with van der Waals surface area (Å²) in [6.07, 6.45) is 5.88. The average Bonchev–Trinajstić information content (AvgIpc) is 2.35. The zero-order valence-electron chi connectivity index (χ0n) is 11.5. The molecule has 0 heterocycles. The number of hydrogen-bond acceptors (Lipinski definition) is 2. The third-order valence-corrected chi connectivity index (χ3v) is 3.88. The van der Waals surface area contributed by atoms with Crippen molar-refractivity contribution in [2.45, 2.75) is 51.9 Å². The predicted octanol–water partition coefficient (Wildman–Crippen LogP) is 2.53. The van der Waals surface area contributed by atoms with Crippen LogP contribution in [0.25, 0.3) is 0 Å². The molecule has 104 valence electrons. The largest absolute Gasteiger partial charge is 0.481 e. The number of amides is 1. The van der Waals surface area contributed by atoms with Crippen LogP contribution in [0.15, 0.2) is 0 Å². The molecule has 4 nitrogen and oxygen atoms in total. The van der Waals surface area contributed by atoms with E-state index in [1.807, 2.05) is 11.9 Å². The standard InChI is InChI=1S/C14H25NO3/c1-3-4-9-15(2)14(18)12-7-5-11(6-8-12)10-13(16)17/h11-12H,3-10H2,1-2H3,(H,16,17). The van der Waals surface area contributed by atoms with Gasteiger partial charge in [0.15, 0.2) is 0 Å². The minimum atomic E-state index is -0.718. The van der Waals surface area contributed by atoms with E-state index in [-0.39, 0.29) is 24.2 Å². The Hall–Kier alpha value is -1.06. The van der Waals surface area contributed by atoms with Crippen LogP contribution in [-0.2, 0) is 9.59 Å². The summed E-state index contributed by atoms with van der Waals surface area (Å²) in [7, 11) is 1.88. The molecule has 0 aliphatic heterocycles. The number of carboxylic acid groups (broad SMARTS) is 1. The summed E-state index contributed by atoms with van der Waals surface area (Å²) < 4.78 is 0. The van der Waals surface area contributed by atoms with Crippen molar-refractivity contribution in [1.29, 1.82) is 0 Å². The van der Waals surface area contributed by atoms with Gasteiger partial charge in [0.1, 0.15) is 0 Å². The fourth-order valence-corrected chi connectivity index (χ4v) is 2.68. The van der Waals surface area contributed by atoms with Crippen molar-refractivity contribution >= 4 is 11.9 Å². The highest BCUT2D eigenvalue weighted by atomic mass is 16.4. The Morgan fingerprint density at radius 1 is 1.22 bits per heavy atom. The Balaban J connectivity index is 2.33. The molecule has 4 heteroatoms. The van der Waals surface area contributed by atoms with Crippen molar-refractivity contribution in [3.8, 4) is 0 Å². The third kappa shape index (κ3) is 4.67. The molecule has 1 N–H and O–H groups in total. The summed E-state index contributed by atoms with van der Waals surface area (Å²) in [4.78, 5) is 24.6. The number of carboxylic acids is 1. The first kappa shape index (κ1) is 15.0. The van der Waals surface area contributed by atoms with Gasteiger partial charge in [-0.15, -0.1) is 0 Å². The smallest absolute Gasteiger partial charge is 0.303 e. The molecule has 0 atom stereocenters. The van der Waals surface area contributed by atoms with Crippen LogP contribution in [0.4, 0.5) is 0 Å². The molecule has 0 aromatic rings. The summed E-state index contributed by atoms with van der Waals surface area (Å²) in [6, 6.07) is 0. The van der Waals surface area contributed by atoms with Gasteiger partial charge >= 0.3 is 5.97 Å². The predicted molar refractivity (Wildman–Crippen MR) is 70.2 cm³/mol. The van der Waals surface area contributed by atoms with Crippen LogP contribution in [0.5, 0.6) is 0 Å². The topological polar surface area (TPSA) is 57.6 Å². The van der Waals surface area contributed by atoms with Crippen molar-refractivity contribution in [3.63, 3.8) is 0 Å². The lowest BCUT2D eigenvalue weighted by atomic mass is 9.80. The number of hydrogen-bond donors (Lipinski definition) is 1. The molecule has 1 saturated carbocycles. The molecule has 1 aliphatic rings.